The summed E-state index contributed by atoms with van der Waals surface area (Å²) in [5.74, 6) is 0.988. The van der Waals surface area contributed by atoms with Crippen molar-refractivity contribution in [1.82, 2.24) is 0 Å². The molecule has 0 amide bonds. The maximum Gasteiger partial charge on any atom is 0.123 e. The van der Waals surface area contributed by atoms with Crippen LogP contribution in [0.3, 0.4) is 0 Å². The zero-order valence-electron chi connectivity index (χ0n) is 8.51. The van der Waals surface area contributed by atoms with Crippen LogP contribution in [0.5, 0.6) is 0 Å². The standard InChI is InChI=1S/C12H14BrFS/c13-8-12(6-1-7-12)9-15-11-4-2-10(14)3-5-11/h2-5H,1,6-9H2. The summed E-state index contributed by atoms with van der Waals surface area (Å²) < 4.78 is 12.7. The van der Waals surface area contributed by atoms with Gasteiger partial charge in [0.2, 0.25) is 0 Å². The van der Waals surface area contributed by atoms with Crippen molar-refractivity contribution in [2.45, 2.75) is 24.2 Å². The van der Waals surface area contributed by atoms with Gasteiger partial charge in [0.25, 0.3) is 0 Å². The summed E-state index contributed by atoms with van der Waals surface area (Å²) in [5, 5.41) is 1.09. The highest BCUT2D eigenvalue weighted by molar-refractivity contribution is 9.09. The number of rotatable bonds is 4. The Labute approximate surface area is 103 Å². The van der Waals surface area contributed by atoms with Crippen LogP contribution in [0, 0.1) is 11.2 Å². The average molecular weight is 289 g/mol. The molecule has 82 valence electrons. The monoisotopic (exact) mass is 288 g/mol. The molecular formula is C12H14BrFS. The van der Waals surface area contributed by atoms with Gasteiger partial charge in [-0.25, -0.2) is 4.39 Å². The molecule has 1 aliphatic carbocycles. The molecule has 0 radical (unpaired) electrons. The topological polar surface area (TPSA) is 0 Å². The van der Waals surface area contributed by atoms with Crippen LogP contribution >= 0.6 is 27.7 Å². The number of hydrogen-bond acceptors (Lipinski definition) is 1. The molecule has 0 atom stereocenters. The summed E-state index contributed by atoms with van der Waals surface area (Å²) in [4.78, 5) is 1.17. The zero-order valence-corrected chi connectivity index (χ0v) is 10.9. The number of thioether (sulfide) groups is 1. The van der Waals surface area contributed by atoms with Gasteiger partial charge in [-0.1, -0.05) is 22.4 Å². The van der Waals surface area contributed by atoms with Gasteiger partial charge in [0, 0.05) is 16.0 Å². The van der Waals surface area contributed by atoms with Crippen molar-refractivity contribution in [1.29, 1.82) is 0 Å². The molecule has 1 aromatic carbocycles. The molecule has 15 heavy (non-hydrogen) atoms. The molecule has 0 aliphatic heterocycles. The fraction of sp³-hybridized carbons (Fsp3) is 0.500. The summed E-state index contributed by atoms with van der Waals surface area (Å²) in [6, 6.07) is 6.79. The molecule has 1 fully saturated rings. The Morgan fingerprint density at radius 1 is 1.27 bits per heavy atom. The lowest BCUT2D eigenvalue weighted by molar-refractivity contribution is 0.206. The van der Waals surface area contributed by atoms with Crippen molar-refractivity contribution in [2.24, 2.45) is 5.41 Å². The number of hydrogen-bond donors (Lipinski definition) is 0. The van der Waals surface area contributed by atoms with Crippen LogP contribution < -0.4 is 0 Å². The summed E-state index contributed by atoms with van der Waals surface area (Å²) in [7, 11) is 0. The van der Waals surface area contributed by atoms with Gasteiger partial charge in [-0.15, -0.1) is 11.8 Å². The van der Waals surface area contributed by atoms with E-state index in [0.717, 1.165) is 11.1 Å². The van der Waals surface area contributed by atoms with E-state index < -0.39 is 0 Å². The summed E-state index contributed by atoms with van der Waals surface area (Å²) in [6.45, 7) is 0. The number of alkyl halides is 1. The van der Waals surface area contributed by atoms with E-state index in [2.05, 4.69) is 15.9 Å². The van der Waals surface area contributed by atoms with Crippen molar-refractivity contribution < 1.29 is 4.39 Å². The van der Waals surface area contributed by atoms with E-state index in [0.29, 0.717) is 5.41 Å². The van der Waals surface area contributed by atoms with Crippen molar-refractivity contribution in [3.63, 3.8) is 0 Å². The predicted octanol–water partition coefficient (Wildman–Crippen LogP) is 4.48. The molecular weight excluding hydrogens is 275 g/mol. The maximum atomic E-state index is 12.7. The minimum Gasteiger partial charge on any atom is -0.207 e. The first kappa shape index (κ1) is 11.5. The molecule has 2 rings (SSSR count). The van der Waals surface area contributed by atoms with Gasteiger partial charge in [0.1, 0.15) is 5.82 Å². The highest BCUT2D eigenvalue weighted by Gasteiger charge is 2.35. The van der Waals surface area contributed by atoms with Crippen LogP contribution in [0.1, 0.15) is 19.3 Å². The maximum absolute atomic E-state index is 12.7. The number of halogens is 2. The lowest BCUT2D eigenvalue weighted by atomic mass is 9.72. The van der Waals surface area contributed by atoms with E-state index >= 15 is 0 Å². The van der Waals surface area contributed by atoms with Crippen LogP contribution in [-0.4, -0.2) is 11.1 Å². The molecule has 1 aromatic rings. The summed E-state index contributed by atoms with van der Waals surface area (Å²) in [6.07, 6.45) is 4.01. The third kappa shape index (κ3) is 2.76. The first-order chi connectivity index (χ1) is 7.24. The lowest BCUT2D eigenvalue weighted by Gasteiger charge is -2.40. The van der Waals surface area contributed by atoms with E-state index in [-0.39, 0.29) is 5.82 Å². The molecule has 0 bridgehead atoms. The lowest BCUT2D eigenvalue weighted by Crippen LogP contribution is -2.33. The van der Waals surface area contributed by atoms with Crippen LogP contribution in [0.2, 0.25) is 0 Å². The molecule has 0 spiro atoms. The Hall–Kier alpha value is -0.0200. The average Bonchev–Trinajstić information content (AvgIpc) is 2.20. The van der Waals surface area contributed by atoms with Crippen LogP contribution in [0.4, 0.5) is 4.39 Å². The smallest absolute Gasteiger partial charge is 0.123 e. The van der Waals surface area contributed by atoms with Gasteiger partial charge in [-0.05, 0) is 42.5 Å². The second-order valence-electron chi connectivity index (χ2n) is 4.23. The van der Waals surface area contributed by atoms with Gasteiger partial charge >= 0.3 is 0 Å². The Balaban J connectivity index is 1.90. The molecule has 0 heterocycles. The van der Waals surface area contributed by atoms with E-state index in [1.165, 1.54) is 36.3 Å². The summed E-state index contributed by atoms with van der Waals surface area (Å²) in [5.41, 5.74) is 0.499. The minimum absolute atomic E-state index is 0.154. The first-order valence-electron chi connectivity index (χ1n) is 5.18. The molecule has 0 unspecified atom stereocenters. The van der Waals surface area contributed by atoms with Crippen molar-refractivity contribution in [2.75, 3.05) is 11.1 Å². The van der Waals surface area contributed by atoms with E-state index in [1.54, 1.807) is 0 Å². The molecule has 0 nitrogen and oxygen atoms in total. The van der Waals surface area contributed by atoms with Crippen LogP contribution in [0.25, 0.3) is 0 Å². The van der Waals surface area contributed by atoms with Gasteiger partial charge in [0.15, 0.2) is 0 Å². The second-order valence-corrected chi connectivity index (χ2v) is 5.84. The molecule has 0 saturated heterocycles. The zero-order chi connectivity index (χ0) is 10.7. The van der Waals surface area contributed by atoms with E-state index in [1.807, 2.05) is 23.9 Å². The van der Waals surface area contributed by atoms with Gasteiger partial charge in [0.05, 0.1) is 0 Å². The molecule has 0 aromatic heterocycles. The molecule has 3 heteroatoms. The van der Waals surface area contributed by atoms with Gasteiger partial charge in [-0.3, -0.25) is 0 Å². The Morgan fingerprint density at radius 2 is 1.93 bits per heavy atom. The molecule has 0 N–H and O–H groups in total. The minimum atomic E-state index is -0.154. The Kier molecular flexibility index (Phi) is 3.73. The normalized spacial score (nSPS) is 18.5. The molecule has 1 saturated carbocycles. The van der Waals surface area contributed by atoms with Crippen LogP contribution in [-0.2, 0) is 0 Å². The predicted molar refractivity (Wildman–Crippen MR) is 67.2 cm³/mol. The third-order valence-electron chi connectivity index (χ3n) is 3.06. The van der Waals surface area contributed by atoms with Crippen LogP contribution in [0.15, 0.2) is 29.2 Å². The SMILES string of the molecule is Fc1ccc(SCC2(CBr)CCC2)cc1. The van der Waals surface area contributed by atoms with Crippen molar-refractivity contribution in [3.05, 3.63) is 30.1 Å². The Morgan fingerprint density at radius 3 is 2.40 bits per heavy atom. The summed E-state index contributed by atoms with van der Waals surface area (Å²) >= 11 is 5.44. The fourth-order valence-corrected chi connectivity index (χ4v) is 3.97. The fourth-order valence-electron chi connectivity index (χ4n) is 1.76. The number of benzene rings is 1. The van der Waals surface area contributed by atoms with Crippen molar-refractivity contribution in [3.8, 4) is 0 Å². The highest BCUT2D eigenvalue weighted by Crippen LogP contribution is 2.45. The van der Waals surface area contributed by atoms with E-state index in [4.69, 9.17) is 0 Å². The highest BCUT2D eigenvalue weighted by atomic mass is 79.9. The molecule has 1 aliphatic rings. The third-order valence-corrected chi connectivity index (χ3v) is 5.61. The largest absolute Gasteiger partial charge is 0.207 e. The van der Waals surface area contributed by atoms with Crippen molar-refractivity contribution >= 4 is 27.7 Å². The van der Waals surface area contributed by atoms with E-state index in [9.17, 15) is 4.39 Å². The first-order valence-corrected chi connectivity index (χ1v) is 7.29. The Bertz CT molecular complexity index is 313. The quantitative estimate of drug-likeness (QED) is 0.581. The second kappa shape index (κ2) is 4.88. The van der Waals surface area contributed by atoms with Gasteiger partial charge < -0.3 is 0 Å². The van der Waals surface area contributed by atoms with Gasteiger partial charge in [-0.2, -0.15) is 0 Å².